The molecule has 4 rings (SSSR count). The van der Waals surface area contributed by atoms with Crippen molar-refractivity contribution in [1.29, 1.82) is 0 Å². The highest BCUT2D eigenvalue weighted by Gasteiger charge is 2.39. The molecule has 2 aromatic heterocycles. The van der Waals surface area contributed by atoms with Gasteiger partial charge in [0.2, 0.25) is 5.91 Å². The first-order chi connectivity index (χ1) is 15.1. The second-order valence-corrected chi connectivity index (χ2v) is 8.22. The fourth-order valence-corrected chi connectivity index (χ4v) is 4.21. The van der Waals surface area contributed by atoms with Crippen molar-refractivity contribution in [1.82, 2.24) is 20.2 Å². The van der Waals surface area contributed by atoms with Gasteiger partial charge >= 0.3 is 6.18 Å². The summed E-state index contributed by atoms with van der Waals surface area (Å²) in [6, 6.07) is 4.28. The average molecular weight is 443 g/mol. The maximum Gasteiger partial charge on any atom is 0.433 e. The van der Waals surface area contributed by atoms with Gasteiger partial charge < -0.3 is 15.5 Å². The zero-order chi connectivity index (χ0) is 23.0. The third-order valence-electron chi connectivity index (χ3n) is 5.85. The number of fused-ring (bicyclic) bond motifs is 1. The van der Waals surface area contributed by atoms with Gasteiger partial charge in [-0.05, 0) is 41.8 Å². The van der Waals surface area contributed by atoms with Crippen LogP contribution in [-0.2, 0) is 17.5 Å². The number of pyridine rings is 2. The molecule has 168 valence electrons. The maximum absolute atomic E-state index is 12.6. The van der Waals surface area contributed by atoms with Crippen LogP contribution in [0.25, 0.3) is 0 Å². The summed E-state index contributed by atoms with van der Waals surface area (Å²) in [6.07, 6.45) is 2.68. The van der Waals surface area contributed by atoms with Crippen LogP contribution in [-0.4, -0.2) is 41.4 Å². The minimum Gasteiger partial charge on any atom is -0.377 e. The number of nitrogens with one attached hydrogen (secondary N) is 2. The van der Waals surface area contributed by atoms with Crippen molar-refractivity contribution in [2.75, 3.05) is 26.0 Å². The van der Waals surface area contributed by atoms with Crippen molar-refractivity contribution in [3.8, 4) is 0 Å². The summed E-state index contributed by atoms with van der Waals surface area (Å²) in [5.74, 6) is 0.675. The first-order valence-electron chi connectivity index (χ1n) is 10.3. The number of aryl methyl sites for hydroxylation is 1. The first kappa shape index (κ1) is 21.9. The fraction of sp³-hybridized carbons (Fsp3) is 0.348. The molecule has 0 aromatic carbocycles. The van der Waals surface area contributed by atoms with Gasteiger partial charge in [-0.15, -0.1) is 0 Å². The molecule has 1 fully saturated rings. The number of aromatic nitrogens is 2. The van der Waals surface area contributed by atoms with Crippen LogP contribution in [0.1, 0.15) is 28.3 Å². The summed E-state index contributed by atoms with van der Waals surface area (Å²) in [7, 11) is 3.85. The number of halogens is 3. The second-order valence-electron chi connectivity index (χ2n) is 8.22. The van der Waals surface area contributed by atoms with Crippen LogP contribution in [0.2, 0.25) is 0 Å². The molecule has 9 heteroatoms. The van der Waals surface area contributed by atoms with Crippen LogP contribution < -0.4 is 10.6 Å². The summed E-state index contributed by atoms with van der Waals surface area (Å²) in [5, 5.41) is 6.09. The smallest absolute Gasteiger partial charge is 0.377 e. The number of carbonyl (C=O) groups is 1. The van der Waals surface area contributed by atoms with Gasteiger partial charge in [-0.25, -0.2) is 4.98 Å². The van der Waals surface area contributed by atoms with Gasteiger partial charge in [-0.3, -0.25) is 9.78 Å². The predicted molar refractivity (Wildman–Crippen MR) is 115 cm³/mol. The van der Waals surface area contributed by atoms with Gasteiger partial charge in [0, 0.05) is 62.7 Å². The average Bonchev–Trinajstić information content (AvgIpc) is 3.13. The Bertz CT molecular complexity index is 1090. The molecule has 2 unspecified atom stereocenters. The number of allylic oxidation sites excluding steroid dienone is 2. The summed E-state index contributed by atoms with van der Waals surface area (Å²) < 4.78 is 37.9. The summed E-state index contributed by atoms with van der Waals surface area (Å²) in [5.41, 5.74) is 3.51. The van der Waals surface area contributed by atoms with E-state index >= 15 is 0 Å². The Labute approximate surface area is 184 Å². The van der Waals surface area contributed by atoms with E-state index in [1.165, 1.54) is 12.3 Å². The highest BCUT2D eigenvalue weighted by Crippen LogP contribution is 2.41. The number of rotatable bonds is 5. The van der Waals surface area contributed by atoms with E-state index in [4.69, 9.17) is 0 Å². The fourth-order valence-electron chi connectivity index (χ4n) is 4.21. The van der Waals surface area contributed by atoms with Gasteiger partial charge in [0.25, 0.3) is 0 Å². The second kappa shape index (κ2) is 8.29. The zero-order valence-electron chi connectivity index (χ0n) is 18.0. The zero-order valence-corrected chi connectivity index (χ0v) is 18.0. The Morgan fingerprint density at radius 3 is 2.62 bits per heavy atom. The molecule has 3 heterocycles. The Balaban J connectivity index is 1.48. The molecule has 2 atom stereocenters. The van der Waals surface area contributed by atoms with Crippen molar-refractivity contribution in [2.24, 2.45) is 5.92 Å². The van der Waals surface area contributed by atoms with E-state index in [2.05, 4.69) is 26.7 Å². The molecule has 1 aliphatic heterocycles. The van der Waals surface area contributed by atoms with Crippen molar-refractivity contribution in [3.05, 3.63) is 76.4 Å². The van der Waals surface area contributed by atoms with Crippen LogP contribution in [0.5, 0.6) is 0 Å². The number of alkyl halides is 3. The lowest BCUT2D eigenvalue weighted by Crippen LogP contribution is -2.24. The van der Waals surface area contributed by atoms with E-state index in [1.54, 1.807) is 6.20 Å². The van der Waals surface area contributed by atoms with E-state index in [9.17, 15) is 18.0 Å². The molecule has 32 heavy (non-hydrogen) atoms. The van der Waals surface area contributed by atoms with E-state index in [1.807, 2.05) is 38.1 Å². The van der Waals surface area contributed by atoms with E-state index in [0.717, 1.165) is 28.5 Å². The van der Waals surface area contributed by atoms with Gasteiger partial charge in [0.1, 0.15) is 11.5 Å². The standard InChI is InChI=1S/C23H24F3N5O/c1-13-8-20(28-10-14-4-7-19(27-9-14)23(24,25)26)29-11-16(13)15-5-6-18(31(2)3)21-17(15)12-30-22(21)32/h4-9,11,15,17H,10,12H2,1-3H3,(H,28,29)(H,30,32). The monoisotopic (exact) mass is 443 g/mol. The lowest BCUT2D eigenvalue weighted by molar-refractivity contribution is -0.141. The Morgan fingerprint density at radius 2 is 2.00 bits per heavy atom. The molecule has 2 aromatic rings. The molecule has 0 bridgehead atoms. The molecule has 2 N–H and O–H groups in total. The maximum atomic E-state index is 12.6. The van der Waals surface area contributed by atoms with Gasteiger partial charge in [-0.2, -0.15) is 13.2 Å². The van der Waals surface area contributed by atoms with Crippen LogP contribution in [0, 0.1) is 12.8 Å². The summed E-state index contributed by atoms with van der Waals surface area (Å²) in [6.45, 7) is 2.88. The quantitative estimate of drug-likeness (QED) is 0.739. The Morgan fingerprint density at radius 1 is 1.22 bits per heavy atom. The molecule has 1 amide bonds. The highest BCUT2D eigenvalue weighted by atomic mass is 19.4. The molecule has 0 spiro atoms. The molecule has 0 radical (unpaired) electrons. The van der Waals surface area contributed by atoms with E-state index in [0.29, 0.717) is 24.5 Å². The van der Waals surface area contributed by atoms with Crippen LogP contribution in [0.15, 0.2) is 54.0 Å². The minimum atomic E-state index is -4.45. The number of nitrogens with zero attached hydrogens (tertiary/aromatic N) is 3. The third kappa shape index (κ3) is 4.19. The number of carbonyl (C=O) groups excluding carboxylic acids is 1. The van der Waals surface area contributed by atoms with Crippen molar-refractivity contribution >= 4 is 11.7 Å². The van der Waals surface area contributed by atoms with Crippen molar-refractivity contribution < 1.29 is 18.0 Å². The number of amides is 1. The first-order valence-corrected chi connectivity index (χ1v) is 10.3. The number of hydrogen-bond acceptors (Lipinski definition) is 5. The molecular formula is C23H24F3N5O. The van der Waals surface area contributed by atoms with Crippen molar-refractivity contribution in [2.45, 2.75) is 25.6 Å². The normalized spacial score (nSPS) is 20.2. The predicted octanol–water partition coefficient (Wildman–Crippen LogP) is 3.63. The van der Waals surface area contributed by atoms with Gasteiger partial charge in [0.05, 0.1) is 0 Å². The number of hydrogen-bond donors (Lipinski definition) is 2. The molecular weight excluding hydrogens is 419 g/mol. The lowest BCUT2D eigenvalue weighted by atomic mass is 9.78. The summed E-state index contributed by atoms with van der Waals surface area (Å²) >= 11 is 0. The largest absolute Gasteiger partial charge is 0.433 e. The van der Waals surface area contributed by atoms with Crippen LogP contribution in [0.4, 0.5) is 19.0 Å². The topological polar surface area (TPSA) is 70.2 Å². The van der Waals surface area contributed by atoms with E-state index < -0.39 is 11.9 Å². The van der Waals surface area contributed by atoms with Crippen molar-refractivity contribution in [3.63, 3.8) is 0 Å². The van der Waals surface area contributed by atoms with Gasteiger partial charge in [0.15, 0.2) is 0 Å². The van der Waals surface area contributed by atoms with Crippen LogP contribution >= 0.6 is 0 Å². The Kier molecular flexibility index (Phi) is 5.66. The minimum absolute atomic E-state index is 0.0258. The third-order valence-corrected chi connectivity index (χ3v) is 5.85. The lowest BCUT2D eigenvalue weighted by Gasteiger charge is -2.29. The molecule has 0 saturated carbocycles. The summed E-state index contributed by atoms with van der Waals surface area (Å²) in [4.78, 5) is 22.3. The SMILES string of the molecule is Cc1cc(NCc2ccc(C(F)(F)F)nc2)ncc1C1C=CC(N(C)C)=C2C(=O)NCC21. The van der Waals surface area contributed by atoms with Gasteiger partial charge in [-0.1, -0.05) is 12.1 Å². The number of likely N-dealkylation sites (N-methyl/N-ethyl adjacent to an activating group) is 1. The van der Waals surface area contributed by atoms with E-state index in [-0.39, 0.29) is 17.7 Å². The molecule has 1 saturated heterocycles. The highest BCUT2D eigenvalue weighted by molar-refractivity contribution is 5.98. The molecule has 1 aliphatic carbocycles. The molecule has 6 nitrogen and oxygen atoms in total. The van der Waals surface area contributed by atoms with Crippen LogP contribution in [0.3, 0.4) is 0 Å². The number of anilines is 1. The Hall–Kier alpha value is -3.36. The molecule has 2 aliphatic rings.